The average molecular weight is 302 g/mol. The van der Waals surface area contributed by atoms with Gasteiger partial charge in [0.25, 0.3) is 11.7 Å². The first kappa shape index (κ1) is 11.6. The summed E-state index contributed by atoms with van der Waals surface area (Å²) < 4.78 is 0.759. The molecule has 6 heteroatoms. The van der Waals surface area contributed by atoms with Gasteiger partial charge in [-0.05, 0) is 28.1 Å². The second-order valence-corrected chi connectivity index (χ2v) is 5.17. The van der Waals surface area contributed by atoms with Crippen LogP contribution in [0.15, 0.2) is 21.5 Å². The maximum atomic E-state index is 11.4. The number of fused-ring (bicyclic) bond motifs is 1. The number of hydrogen-bond donors (Lipinski definition) is 2. The molecule has 0 aromatic heterocycles. The van der Waals surface area contributed by atoms with Crippen LogP contribution >= 0.6 is 27.7 Å². The van der Waals surface area contributed by atoms with E-state index in [4.69, 9.17) is 5.11 Å². The number of amides is 1. The molecule has 0 saturated heterocycles. The zero-order valence-electron chi connectivity index (χ0n) is 8.12. The third-order valence-electron chi connectivity index (χ3n) is 2.12. The van der Waals surface area contributed by atoms with E-state index >= 15 is 0 Å². The van der Waals surface area contributed by atoms with E-state index in [9.17, 15) is 9.59 Å². The fourth-order valence-corrected chi connectivity index (χ4v) is 2.81. The SMILES string of the molecule is O=C1Nc2cc(SCCO)c(Br)cc2C1=O. The molecule has 0 atom stereocenters. The van der Waals surface area contributed by atoms with Crippen LogP contribution in [-0.4, -0.2) is 29.2 Å². The molecule has 1 aliphatic heterocycles. The minimum absolute atomic E-state index is 0.0828. The van der Waals surface area contributed by atoms with E-state index in [0.29, 0.717) is 17.0 Å². The van der Waals surface area contributed by atoms with Crippen LogP contribution in [0.2, 0.25) is 0 Å². The summed E-state index contributed by atoms with van der Waals surface area (Å²) in [7, 11) is 0. The van der Waals surface area contributed by atoms with Crippen molar-refractivity contribution < 1.29 is 14.7 Å². The first-order valence-electron chi connectivity index (χ1n) is 4.56. The highest BCUT2D eigenvalue weighted by Crippen LogP contribution is 2.35. The van der Waals surface area contributed by atoms with Gasteiger partial charge in [-0.1, -0.05) is 0 Å². The van der Waals surface area contributed by atoms with Gasteiger partial charge in [0.15, 0.2) is 0 Å². The number of carbonyl (C=O) groups excluding carboxylic acids is 2. The van der Waals surface area contributed by atoms with Crippen molar-refractivity contribution in [3.63, 3.8) is 0 Å². The van der Waals surface area contributed by atoms with E-state index in [-0.39, 0.29) is 6.61 Å². The Bertz CT molecular complexity index is 475. The first-order chi connectivity index (χ1) is 7.63. The van der Waals surface area contributed by atoms with Gasteiger partial charge in [-0.3, -0.25) is 9.59 Å². The van der Waals surface area contributed by atoms with Gasteiger partial charge in [0.05, 0.1) is 17.9 Å². The van der Waals surface area contributed by atoms with Crippen LogP contribution in [0.25, 0.3) is 0 Å². The molecule has 16 heavy (non-hydrogen) atoms. The maximum absolute atomic E-state index is 11.4. The second-order valence-electron chi connectivity index (χ2n) is 3.18. The van der Waals surface area contributed by atoms with Crippen LogP contribution in [-0.2, 0) is 4.79 Å². The zero-order chi connectivity index (χ0) is 11.7. The van der Waals surface area contributed by atoms with Crippen molar-refractivity contribution in [2.75, 3.05) is 17.7 Å². The highest BCUT2D eigenvalue weighted by atomic mass is 79.9. The van der Waals surface area contributed by atoms with E-state index in [1.807, 2.05) is 0 Å². The van der Waals surface area contributed by atoms with Crippen molar-refractivity contribution in [2.24, 2.45) is 0 Å². The van der Waals surface area contributed by atoms with Crippen molar-refractivity contribution in [3.05, 3.63) is 22.2 Å². The molecule has 84 valence electrons. The number of carbonyl (C=O) groups is 2. The molecule has 1 aromatic carbocycles. The third-order valence-corrected chi connectivity index (χ3v) is 4.07. The van der Waals surface area contributed by atoms with Gasteiger partial charge in [0.1, 0.15) is 0 Å². The lowest BCUT2D eigenvalue weighted by atomic mass is 10.1. The monoisotopic (exact) mass is 301 g/mol. The number of Topliss-reactive ketones (excluding diaryl/α,β-unsaturated/α-hetero) is 1. The predicted molar refractivity (Wildman–Crippen MR) is 64.9 cm³/mol. The van der Waals surface area contributed by atoms with Gasteiger partial charge in [-0.2, -0.15) is 0 Å². The maximum Gasteiger partial charge on any atom is 0.296 e. The Hall–Kier alpha value is -0.850. The molecule has 0 aliphatic carbocycles. The van der Waals surface area contributed by atoms with Gasteiger partial charge in [0, 0.05) is 15.1 Å². The lowest BCUT2D eigenvalue weighted by Crippen LogP contribution is -2.12. The summed E-state index contributed by atoms with van der Waals surface area (Å²) >= 11 is 4.79. The minimum atomic E-state index is -0.591. The number of halogens is 1. The van der Waals surface area contributed by atoms with Crippen LogP contribution in [0.5, 0.6) is 0 Å². The number of ketones is 1. The quantitative estimate of drug-likeness (QED) is 0.658. The van der Waals surface area contributed by atoms with E-state index in [1.54, 1.807) is 12.1 Å². The van der Waals surface area contributed by atoms with Crippen LogP contribution in [0.1, 0.15) is 10.4 Å². The highest BCUT2D eigenvalue weighted by molar-refractivity contribution is 9.10. The molecule has 0 bridgehead atoms. The summed E-state index contributed by atoms with van der Waals surface area (Å²) in [5.74, 6) is -0.528. The lowest BCUT2D eigenvalue weighted by Gasteiger charge is -2.05. The van der Waals surface area contributed by atoms with E-state index in [1.165, 1.54) is 11.8 Å². The van der Waals surface area contributed by atoms with Crippen LogP contribution in [0.4, 0.5) is 5.69 Å². The van der Waals surface area contributed by atoms with Gasteiger partial charge in [0.2, 0.25) is 0 Å². The molecule has 0 fully saturated rings. The van der Waals surface area contributed by atoms with Crippen molar-refractivity contribution >= 4 is 45.1 Å². The Morgan fingerprint density at radius 3 is 2.81 bits per heavy atom. The van der Waals surface area contributed by atoms with Crippen molar-refractivity contribution in [1.29, 1.82) is 0 Å². The first-order valence-corrected chi connectivity index (χ1v) is 6.34. The van der Waals surface area contributed by atoms with Crippen molar-refractivity contribution in [1.82, 2.24) is 0 Å². The number of rotatable bonds is 3. The summed E-state index contributed by atoms with van der Waals surface area (Å²) in [5, 5.41) is 11.2. The van der Waals surface area contributed by atoms with Crippen molar-refractivity contribution in [2.45, 2.75) is 4.90 Å². The molecule has 0 saturated carbocycles. The normalized spacial score (nSPS) is 13.9. The molecule has 0 unspecified atom stereocenters. The molecule has 0 radical (unpaired) electrons. The molecule has 4 nitrogen and oxygen atoms in total. The number of hydrogen-bond acceptors (Lipinski definition) is 4. The van der Waals surface area contributed by atoms with E-state index < -0.39 is 11.7 Å². The summed E-state index contributed by atoms with van der Waals surface area (Å²) in [6.07, 6.45) is 0. The fourth-order valence-electron chi connectivity index (χ4n) is 1.41. The standard InChI is InChI=1S/C10H8BrNO3S/c11-6-3-5-7(12-10(15)9(5)14)4-8(6)16-2-1-13/h3-4,13H,1-2H2,(H,12,14,15). The van der Waals surface area contributed by atoms with E-state index in [2.05, 4.69) is 21.2 Å². The highest BCUT2D eigenvalue weighted by Gasteiger charge is 2.28. The molecule has 0 spiro atoms. The Kier molecular flexibility index (Phi) is 3.32. The van der Waals surface area contributed by atoms with Gasteiger partial charge in [-0.25, -0.2) is 0 Å². The van der Waals surface area contributed by atoms with Gasteiger partial charge < -0.3 is 10.4 Å². The molecular weight excluding hydrogens is 294 g/mol. The fraction of sp³-hybridized carbons (Fsp3) is 0.200. The Morgan fingerprint density at radius 1 is 1.38 bits per heavy atom. The molecule has 1 aromatic rings. The Labute approximate surface area is 105 Å². The number of aliphatic hydroxyl groups excluding tert-OH is 1. The number of anilines is 1. The van der Waals surface area contributed by atoms with E-state index in [0.717, 1.165) is 9.37 Å². The minimum Gasteiger partial charge on any atom is -0.396 e. The average Bonchev–Trinajstić information content (AvgIpc) is 2.52. The largest absolute Gasteiger partial charge is 0.396 e. The lowest BCUT2D eigenvalue weighted by molar-refractivity contribution is -0.112. The molecule has 1 amide bonds. The molecular formula is C10H8BrNO3S. The van der Waals surface area contributed by atoms with Crippen LogP contribution < -0.4 is 5.32 Å². The van der Waals surface area contributed by atoms with Gasteiger partial charge in [-0.15, -0.1) is 11.8 Å². The van der Waals surface area contributed by atoms with Crippen LogP contribution in [0, 0.1) is 0 Å². The van der Waals surface area contributed by atoms with Gasteiger partial charge >= 0.3 is 0 Å². The molecule has 2 rings (SSSR count). The summed E-state index contributed by atoms with van der Waals surface area (Å²) in [4.78, 5) is 23.4. The molecule has 2 N–H and O–H groups in total. The summed E-state index contributed by atoms with van der Waals surface area (Å²) in [6, 6.07) is 3.37. The molecule has 1 heterocycles. The predicted octanol–water partition coefficient (Wildman–Crippen LogP) is 1.67. The van der Waals surface area contributed by atoms with Crippen molar-refractivity contribution in [3.8, 4) is 0 Å². The number of aliphatic hydroxyl groups is 1. The third kappa shape index (κ3) is 2.00. The summed E-state index contributed by atoms with van der Waals surface area (Å²) in [6.45, 7) is 0.0828. The Balaban J connectivity index is 2.36. The second kappa shape index (κ2) is 4.57. The topological polar surface area (TPSA) is 66.4 Å². The zero-order valence-corrected chi connectivity index (χ0v) is 10.5. The number of benzene rings is 1. The number of thioether (sulfide) groups is 1. The number of nitrogens with one attached hydrogen (secondary N) is 1. The summed E-state index contributed by atoms with van der Waals surface area (Å²) in [5.41, 5.74) is 0.934. The Morgan fingerprint density at radius 2 is 2.12 bits per heavy atom. The van der Waals surface area contributed by atoms with Crippen LogP contribution in [0.3, 0.4) is 0 Å². The smallest absolute Gasteiger partial charge is 0.296 e. The molecule has 1 aliphatic rings.